The maximum atomic E-state index is 5.79. The van der Waals surface area contributed by atoms with Gasteiger partial charge in [-0.25, -0.2) is 0 Å². The van der Waals surface area contributed by atoms with Crippen LogP contribution in [0.5, 0.6) is 0 Å². The van der Waals surface area contributed by atoms with Crippen LogP contribution in [-0.2, 0) is 9.47 Å². The Morgan fingerprint density at radius 2 is 0.929 bits per heavy atom. The smallest absolute Gasteiger partial charge is 0.128 e. The normalized spacial score (nSPS) is 42.4. The summed E-state index contributed by atoms with van der Waals surface area (Å²) in [4.78, 5) is 0. The molecule has 2 fully saturated rings. The monoisotopic (exact) mass is 198 g/mol. The Balaban J connectivity index is 2.33. The number of rotatable bonds is 1. The van der Waals surface area contributed by atoms with Crippen LogP contribution in [0, 0.1) is 10.8 Å². The summed E-state index contributed by atoms with van der Waals surface area (Å²) in [5.74, 6) is 0. The molecule has 0 spiro atoms. The predicted octanol–water partition coefficient (Wildman–Crippen LogP) is 2.62. The van der Waals surface area contributed by atoms with Crippen molar-refractivity contribution in [2.75, 3.05) is 13.2 Å². The first kappa shape index (κ1) is 10.4. The summed E-state index contributed by atoms with van der Waals surface area (Å²) >= 11 is 0. The largest absolute Gasteiger partial charge is 0.366 e. The Bertz CT molecular complexity index is 218. The molecule has 0 aromatic heterocycles. The molecule has 2 nitrogen and oxygen atoms in total. The Kier molecular flexibility index (Phi) is 1.76. The molecule has 2 heterocycles. The number of hydrogen-bond donors (Lipinski definition) is 0. The zero-order valence-electron chi connectivity index (χ0n) is 10.2. The first-order chi connectivity index (χ1) is 6.16. The molecule has 2 aliphatic heterocycles. The standard InChI is InChI=1S/C12H22O2/c1-9(2,3)11(7-13-11)12(8-14-12)10(4,5)6/h7-8H2,1-6H3/t11-,12+. The molecule has 2 heteroatoms. The van der Waals surface area contributed by atoms with E-state index in [0.29, 0.717) is 0 Å². The van der Waals surface area contributed by atoms with Gasteiger partial charge in [0, 0.05) is 0 Å². The zero-order chi connectivity index (χ0) is 10.8. The molecular formula is C12H22O2. The summed E-state index contributed by atoms with van der Waals surface area (Å²) in [6, 6.07) is 0. The van der Waals surface area contributed by atoms with Gasteiger partial charge in [-0.2, -0.15) is 0 Å². The molecule has 82 valence electrons. The number of hydrogen-bond acceptors (Lipinski definition) is 2. The molecule has 0 amide bonds. The Morgan fingerprint density at radius 3 is 1.00 bits per heavy atom. The lowest BCUT2D eigenvalue weighted by Gasteiger charge is -2.39. The van der Waals surface area contributed by atoms with E-state index in [-0.39, 0.29) is 22.0 Å². The average molecular weight is 198 g/mol. The van der Waals surface area contributed by atoms with Crippen LogP contribution in [0.25, 0.3) is 0 Å². The van der Waals surface area contributed by atoms with Crippen LogP contribution < -0.4 is 0 Å². The Hall–Kier alpha value is -0.0800. The topological polar surface area (TPSA) is 25.1 Å². The lowest BCUT2D eigenvalue weighted by molar-refractivity contribution is -0.000321. The van der Waals surface area contributed by atoms with E-state index in [1.165, 1.54) is 0 Å². The maximum absolute atomic E-state index is 5.79. The van der Waals surface area contributed by atoms with Crippen molar-refractivity contribution in [2.24, 2.45) is 10.8 Å². The second-order valence-corrected chi connectivity index (χ2v) is 6.73. The minimum absolute atomic E-state index is 0.0434. The lowest BCUT2D eigenvalue weighted by atomic mass is 9.64. The van der Waals surface area contributed by atoms with E-state index >= 15 is 0 Å². The highest BCUT2D eigenvalue weighted by molar-refractivity contribution is 5.25. The molecule has 0 saturated carbocycles. The van der Waals surface area contributed by atoms with E-state index in [1.807, 2.05) is 0 Å². The third-order valence-electron chi connectivity index (χ3n) is 3.94. The van der Waals surface area contributed by atoms with Crippen molar-refractivity contribution in [1.82, 2.24) is 0 Å². The van der Waals surface area contributed by atoms with Crippen molar-refractivity contribution >= 4 is 0 Å². The van der Waals surface area contributed by atoms with Crippen molar-refractivity contribution in [3.8, 4) is 0 Å². The molecule has 2 saturated heterocycles. The van der Waals surface area contributed by atoms with Gasteiger partial charge in [-0.15, -0.1) is 0 Å². The van der Waals surface area contributed by atoms with Gasteiger partial charge in [-0.3, -0.25) is 0 Å². The highest BCUT2D eigenvalue weighted by Gasteiger charge is 2.77. The summed E-state index contributed by atoms with van der Waals surface area (Å²) in [5, 5.41) is 0. The Labute approximate surface area is 87.0 Å². The van der Waals surface area contributed by atoms with Crippen LogP contribution in [0.3, 0.4) is 0 Å². The molecule has 2 aliphatic rings. The summed E-state index contributed by atoms with van der Waals surface area (Å²) in [6.07, 6.45) is 0. The van der Waals surface area contributed by atoms with Gasteiger partial charge < -0.3 is 9.47 Å². The second-order valence-electron chi connectivity index (χ2n) is 6.73. The van der Waals surface area contributed by atoms with Crippen LogP contribution in [-0.4, -0.2) is 24.4 Å². The highest BCUT2D eigenvalue weighted by Crippen LogP contribution is 2.64. The van der Waals surface area contributed by atoms with Crippen LogP contribution >= 0.6 is 0 Å². The highest BCUT2D eigenvalue weighted by atomic mass is 16.7. The molecule has 0 unspecified atom stereocenters. The average Bonchev–Trinajstić information content (AvgIpc) is 2.77. The molecule has 14 heavy (non-hydrogen) atoms. The van der Waals surface area contributed by atoms with Crippen LogP contribution in [0.2, 0.25) is 0 Å². The molecule has 0 bridgehead atoms. The number of epoxide rings is 2. The van der Waals surface area contributed by atoms with Crippen molar-refractivity contribution < 1.29 is 9.47 Å². The fourth-order valence-electron chi connectivity index (χ4n) is 2.69. The molecule has 2 atom stereocenters. The molecule has 0 aliphatic carbocycles. The van der Waals surface area contributed by atoms with E-state index in [0.717, 1.165) is 13.2 Å². The van der Waals surface area contributed by atoms with Crippen molar-refractivity contribution in [3.05, 3.63) is 0 Å². The predicted molar refractivity (Wildman–Crippen MR) is 56.3 cm³/mol. The van der Waals surface area contributed by atoms with Gasteiger partial charge >= 0.3 is 0 Å². The van der Waals surface area contributed by atoms with Gasteiger partial charge in [0.05, 0.1) is 13.2 Å². The van der Waals surface area contributed by atoms with Crippen molar-refractivity contribution in [2.45, 2.75) is 52.7 Å². The molecule has 0 radical (unpaired) electrons. The van der Waals surface area contributed by atoms with Gasteiger partial charge in [0.25, 0.3) is 0 Å². The summed E-state index contributed by atoms with van der Waals surface area (Å²) in [7, 11) is 0. The van der Waals surface area contributed by atoms with Gasteiger partial charge in [0.2, 0.25) is 0 Å². The molecular weight excluding hydrogens is 176 g/mol. The Morgan fingerprint density at radius 1 is 0.714 bits per heavy atom. The molecule has 0 N–H and O–H groups in total. The third-order valence-corrected chi connectivity index (χ3v) is 3.94. The zero-order valence-corrected chi connectivity index (χ0v) is 10.2. The van der Waals surface area contributed by atoms with E-state index < -0.39 is 0 Å². The van der Waals surface area contributed by atoms with E-state index in [2.05, 4.69) is 41.5 Å². The molecule has 2 rings (SSSR count). The van der Waals surface area contributed by atoms with Crippen molar-refractivity contribution in [3.63, 3.8) is 0 Å². The summed E-state index contributed by atoms with van der Waals surface area (Å²) in [6.45, 7) is 15.2. The second kappa shape index (κ2) is 2.35. The van der Waals surface area contributed by atoms with Crippen LogP contribution in [0.15, 0.2) is 0 Å². The van der Waals surface area contributed by atoms with E-state index in [1.54, 1.807) is 0 Å². The van der Waals surface area contributed by atoms with Crippen LogP contribution in [0.4, 0.5) is 0 Å². The SMILES string of the molecule is CC(C)(C)[C@]1([C@]2(C(C)(C)C)CO2)CO1. The molecule has 0 aromatic carbocycles. The fourth-order valence-corrected chi connectivity index (χ4v) is 2.69. The first-order valence-corrected chi connectivity index (χ1v) is 5.44. The van der Waals surface area contributed by atoms with Gasteiger partial charge in [0.1, 0.15) is 11.2 Å². The maximum Gasteiger partial charge on any atom is 0.128 e. The minimum atomic E-state index is -0.0434. The van der Waals surface area contributed by atoms with Gasteiger partial charge in [0.15, 0.2) is 0 Å². The van der Waals surface area contributed by atoms with Gasteiger partial charge in [-0.05, 0) is 10.8 Å². The number of ether oxygens (including phenoxy) is 2. The molecule has 0 aromatic rings. The summed E-state index contributed by atoms with van der Waals surface area (Å²) in [5.41, 5.74) is 0.240. The summed E-state index contributed by atoms with van der Waals surface area (Å²) < 4.78 is 11.6. The van der Waals surface area contributed by atoms with Crippen LogP contribution in [0.1, 0.15) is 41.5 Å². The minimum Gasteiger partial charge on any atom is -0.366 e. The van der Waals surface area contributed by atoms with E-state index in [9.17, 15) is 0 Å². The fraction of sp³-hybridized carbons (Fsp3) is 1.00. The van der Waals surface area contributed by atoms with E-state index in [4.69, 9.17) is 9.47 Å². The third kappa shape index (κ3) is 1.04. The lowest BCUT2D eigenvalue weighted by Crippen LogP contribution is -2.52. The van der Waals surface area contributed by atoms with Gasteiger partial charge in [-0.1, -0.05) is 41.5 Å². The quantitative estimate of drug-likeness (QED) is 0.605. The first-order valence-electron chi connectivity index (χ1n) is 5.44. The van der Waals surface area contributed by atoms with Crippen molar-refractivity contribution in [1.29, 1.82) is 0 Å².